The van der Waals surface area contributed by atoms with Gasteiger partial charge in [0.15, 0.2) is 6.29 Å². The van der Waals surface area contributed by atoms with Crippen molar-refractivity contribution in [2.24, 2.45) is 0 Å². The maximum atomic E-state index is 11.0. The summed E-state index contributed by atoms with van der Waals surface area (Å²) in [6, 6.07) is 1.87. The minimum absolute atomic E-state index is 0.275. The van der Waals surface area contributed by atoms with Crippen LogP contribution in [0, 0.1) is 6.92 Å². The normalized spacial score (nSPS) is 10.5. The third kappa shape index (κ3) is 2.15. The Morgan fingerprint density at radius 1 is 1.47 bits per heavy atom. The van der Waals surface area contributed by atoms with E-state index in [0.717, 1.165) is 17.4 Å². The van der Waals surface area contributed by atoms with Gasteiger partial charge in [-0.3, -0.25) is 4.79 Å². The quantitative estimate of drug-likeness (QED) is 0.737. The predicted molar refractivity (Wildman–Crippen MR) is 62.2 cm³/mol. The molecule has 0 fully saturated rings. The van der Waals surface area contributed by atoms with E-state index in [1.54, 1.807) is 7.11 Å². The first-order valence-electron chi connectivity index (χ1n) is 4.85. The number of aldehydes is 1. The Hall–Kier alpha value is -1.02. The smallest absolute Gasteiger partial charge is 0.154 e. The fourth-order valence-electron chi connectivity index (χ4n) is 1.56. The Kier molecular flexibility index (Phi) is 3.75. The minimum Gasteiger partial charge on any atom is -0.496 e. The van der Waals surface area contributed by atoms with Crippen molar-refractivity contribution in [3.05, 3.63) is 27.8 Å². The first-order valence-corrected chi connectivity index (χ1v) is 5.22. The van der Waals surface area contributed by atoms with Gasteiger partial charge in [-0.1, -0.05) is 25.4 Å². The molecule has 0 aliphatic carbocycles. The molecule has 3 heteroatoms. The van der Waals surface area contributed by atoms with E-state index >= 15 is 0 Å². The summed E-state index contributed by atoms with van der Waals surface area (Å²) < 4.78 is 5.27. The van der Waals surface area contributed by atoms with Crippen LogP contribution in [0.25, 0.3) is 0 Å². The molecule has 0 bridgehead atoms. The van der Waals surface area contributed by atoms with Crippen LogP contribution in [0.2, 0.25) is 5.02 Å². The Morgan fingerprint density at radius 3 is 2.47 bits per heavy atom. The van der Waals surface area contributed by atoms with E-state index in [1.807, 2.05) is 26.8 Å². The van der Waals surface area contributed by atoms with Crippen molar-refractivity contribution in [1.82, 2.24) is 0 Å². The van der Waals surface area contributed by atoms with Crippen molar-refractivity contribution in [1.29, 1.82) is 0 Å². The molecule has 0 unspecified atom stereocenters. The second-order valence-electron chi connectivity index (χ2n) is 3.79. The fourth-order valence-corrected chi connectivity index (χ4v) is 1.78. The molecular weight excluding hydrogens is 212 g/mol. The number of carbonyl (C=O) groups excluding carboxylic acids is 1. The number of carbonyl (C=O) groups is 1. The van der Waals surface area contributed by atoms with Crippen molar-refractivity contribution in [2.45, 2.75) is 26.7 Å². The number of hydrogen-bond donors (Lipinski definition) is 0. The lowest BCUT2D eigenvalue weighted by Crippen LogP contribution is -2.01. The second-order valence-corrected chi connectivity index (χ2v) is 4.20. The molecule has 1 rings (SSSR count). The molecule has 0 aliphatic heterocycles. The molecule has 0 heterocycles. The van der Waals surface area contributed by atoms with Gasteiger partial charge >= 0.3 is 0 Å². The van der Waals surface area contributed by atoms with Crippen molar-refractivity contribution in [3.63, 3.8) is 0 Å². The van der Waals surface area contributed by atoms with Crippen LogP contribution >= 0.6 is 11.6 Å². The van der Waals surface area contributed by atoms with Crippen LogP contribution in [0.1, 0.15) is 41.3 Å². The van der Waals surface area contributed by atoms with Crippen molar-refractivity contribution in [3.8, 4) is 5.75 Å². The maximum absolute atomic E-state index is 11.0. The van der Waals surface area contributed by atoms with Crippen LogP contribution < -0.4 is 4.74 Å². The zero-order valence-corrected chi connectivity index (χ0v) is 10.2. The molecule has 2 nitrogen and oxygen atoms in total. The molecule has 0 saturated carbocycles. The molecule has 0 amide bonds. The number of halogens is 1. The van der Waals surface area contributed by atoms with Gasteiger partial charge < -0.3 is 4.74 Å². The SMILES string of the molecule is COc1c(C(C)C)cc(Cl)c(C)c1C=O. The molecule has 0 radical (unpaired) electrons. The predicted octanol–water partition coefficient (Wildman–Crippen LogP) is 3.59. The van der Waals surface area contributed by atoms with Crippen molar-refractivity contribution < 1.29 is 9.53 Å². The van der Waals surface area contributed by atoms with E-state index in [2.05, 4.69) is 0 Å². The molecule has 1 aromatic carbocycles. The molecule has 0 N–H and O–H groups in total. The average Bonchev–Trinajstić information content (AvgIpc) is 2.20. The van der Waals surface area contributed by atoms with Crippen LogP contribution in [0.15, 0.2) is 6.07 Å². The lowest BCUT2D eigenvalue weighted by atomic mass is 9.96. The molecule has 1 aromatic rings. The van der Waals surface area contributed by atoms with E-state index in [4.69, 9.17) is 16.3 Å². The Balaban J connectivity index is 3.54. The Morgan fingerprint density at radius 2 is 2.07 bits per heavy atom. The van der Waals surface area contributed by atoms with Crippen LogP contribution in [-0.2, 0) is 0 Å². The summed E-state index contributed by atoms with van der Waals surface area (Å²) >= 11 is 6.06. The number of hydrogen-bond acceptors (Lipinski definition) is 2. The van der Waals surface area contributed by atoms with Gasteiger partial charge in [0.1, 0.15) is 5.75 Å². The first-order chi connectivity index (χ1) is 7.02. The fraction of sp³-hybridized carbons (Fsp3) is 0.417. The first kappa shape index (κ1) is 12.1. The average molecular weight is 227 g/mol. The highest BCUT2D eigenvalue weighted by Crippen LogP contribution is 2.35. The van der Waals surface area contributed by atoms with Gasteiger partial charge in [0, 0.05) is 5.02 Å². The molecule has 15 heavy (non-hydrogen) atoms. The Bertz CT molecular complexity index is 384. The van der Waals surface area contributed by atoms with E-state index in [0.29, 0.717) is 16.3 Å². The second kappa shape index (κ2) is 4.67. The molecule has 82 valence electrons. The number of benzene rings is 1. The van der Waals surface area contributed by atoms with E-state index < -0.39 is 0 Å². The molecule has 0 aliphatic rings. The van der Waals surface area contributed by atoms with E-state index in [1.165, 1.54) is 0 Å². The van der Waals surface area contributed by atoms with Gasteiger partial charge in [-0.2, -0.15) is 0 Å². The van der Waals surface area contributed by atoms with Gasteiger partial charge in [0.05, 0.1) is 12.7 Å². The summed E-state index contributed by atoms with van der Waals surface area (Å²) in [5.74, 6) is 0.915. The summed E-state index contributed by atoms with van der Waals surface area (Å²) in [5.41, 5.74) is 2.29. The Labute approximate surface area is 95.2 Å². The van der Waals surface area contributed by atoms with Crippen LogP contribution in [0.3, 0.4) is 0 Å². The molecule has 0 saturated heterocycles. The van der Waals surface area contributed by atoms with E-state index in [9.17, 15) is 4.79 Å². The van der Waals surface area contributed by atoms with Gasteiger partial charge in [0.25, 0.3) is 0 Å². The van der Waals surface area contributed by atoms with Crippen LogP contribution in [-0.4, -0.2) is 13.4 Å². The summed E-state index contributed by atoms with van der Waals surface area (Å²) in [6.07, 6.45) is 0.798. The largest absolute Gasteiger partial charge is 0.496 e. The minimum atomic E-state index is 0.275. The highest BCUT2D eigenvalue weighted by atomic mass is 35.5. The monoisotopic (exact) mass is 226 g/mol. The summed E-state index contributed by atoms with van der Waals surface area (Å²) in [4.78, 5) is 11.0. The van der Waals surface area contributed by atoms with Gasteiger partial charge in [-0.15, -0.1) is 0 Å². The highest BCUT2D eigenvalue weighted by molar-refractivity contribution is 6.31. The molecule has 0 atom stereocenters. The molecule has 0 aromatic heterocycles. The third-order valence-electron chi connectivity index (χ3n) is 2.50. The van der Waals surface area contributed by atoms with Gasteiger partial charge in [-0.05, 0) is 30.0 Å². The van der Waals surface area contributed by atoms with Crippen LogP contribution in [0.5, 0.6) is 5.75 Å². The van der Waals surface area contributed by atoms with Gasteiger partial charge in [0.2, 0.25) is 0 Å². The zero-order chi connectivity index (χ0) is 11.6. The third-order valence-corrected chi connectivity index (χ3v) is 2.89. The van der Waals surface area contributed by atoms with E-state index in [-0.39, 0.29) is 5.92 Å². The molecule has 0 spiro atoms. The topological polar surface area (TPSA) is 26.3 Å². The summed E-state index contributed by atoms with van der Waals surface area (Å²) in [6.45, 7) is 5.90. The van der Waals surface area contributed by atoms with Gasteiger partial charge in [-0.25, -0.2) is 0 Å². The molecular formula is C12H15ClO2. The van der Waals surface area contributed by atoms with Crippen LogP contribution in [0.4, 0.5) is 0 Å². The van der Waals surface area contributed by atoms with Crippen molar-refractivity contribution >= 4 is 17.9 Å². The lowest BCUT2D eigenvalue weighted by Gasteiger charge is -2.16. The highest BCUT2D eigenvalue weighted by Gasteiger charge is 2.16. The lowest BCUT2D eigenvalue weighted by molar-refractivity contribution is 0.112. The number of methoxy groups -OCH3 is 1. The summed E-state index contributed by atoms with van der Waals surface area (Å²) in [5, 5.41) is 0.613. The maximum Gasteiger partial charge on any atom is 0.154 e. The zero-order valence-electron chi connectivity index (χ0n) is 9.43. The number of rotatable bonds is 3. The number of ether oxygens (including phenoxy) is 1. The van der Waals surface area contributed by atoms with Crippen molar-refractivity contribution in [2.75, 3.05) is 7.11 Å². The summed E-state index contributed by atoms with van der Waals surface area (Å²) in [7, 11) is 1.57. The standard InChI is InChI=1S/C12H15ClO2/c1-7(2)9-5-11(13)8(3)10(6-14)12(9)15-4/h5-7H,1-4H3.